The second kappa shape index (κ2) is 6.16. The number of carbonyl (C=O) groups is 1. The summed E-state index contributed by atoms with van der Waals surface area (Å²) >= 11 is 0. The number of aryl methyl sites for hydroxylation is 1. The lowest BCUT2D eigenvalue weighted by molar-refractivity contribution is -0.0672. The summed E-state index contributed by atoms with van der Waals surface area (Å²) in [6.45, 7) is 9.14. The van der Waals surface area contributed by atoms with Crippen LogP contribution in [0, 0.1) is 6.92 Å². The number of morpholine rings is 1. The van der Waals surface area contributed by atoms with Crippen molar-refractivity contribution >= 4 is 5.91 Å². The van der Waals surface area contributed by atoms with E-state index < -0.39 is 0 Å². The van der Waals surface area contributed by atoms with Crippen LogP contribution >= 0.6 is 0 Å². The molecule has 0 aromatic carbocycles. The SMILES string of the molecule is Cc1cc(C(=O)NCCN2C[C@@H](C)O[C@@H](C)C2)on1. The molecule has 6 heteroatoms. The van der Waals surface area contributed by atoms with E-state index in [0.29, 0.717) is 12.2 Å². The number of nitrogens with zero attached hydrogens (tertiary/aromatic N) is 2. The van der Waals surface area contributed by atoms with E-state index in [2.05, 4.69) is 29.2 Å². The highest BCUT2D eigenvalue weighted by Gasteiger charge is 2.21. The maximum Gasteiger partial charge on any atom is 0.289 e. The molecule has 0 bridgehead atoms. The van der Waals surface area contributed by atoms with E-state index in [9.17, 15) is 4.79 Å². The molecular weight excluding hydrogens is 246 g/mol. The summed E-state index contributed by atoms with van der Waals surface area (Å²) in [5.41, 5.74) is 0.709. The molecule has 0 aliphatic carbocycles. The molecule has 1 N–H and O–H groups in total. The Morgan fingerprint density at radius 2 is 2.16 bits per heavy atom. The molecule has 0 radical (unpaired) electrons. The first-order valence-corrected chi connectivity index (χ1v) is 6.64. The zero-order valence-electron chi connectivity index (χ0n) is 11.7. The fraction of sp³-hybridized carbons (Fsp3) is 0.692. The van der Waals surface area contributed by atoms with Crippen LogP contribution in [-0.2, 0) is 4.74 Å². The van der Waals surface area contributed by atoms with Crippen molar-refractivity contribution in [2.45, 2.75) is 33.0 Å². The molecule has 1 saturated heterocycles. The number of nitrogens with one attached hydrogen (secondary N) is 1. The van der Waals surface area contributed by atoms with Crippen molar-refractivity contribution in [1.29, 1.82) is 0 Å². The van der Waals surface area contributed by atoms with Crippen LogP contribution in [-0.4, -0.2) is 54.4 Å². The second-order valence-corrected chi connectivity index (χ2v) is 5.11. The number of hydrogen-bond acceptors (Lipinski definition) is 5. The summed E-state index contributed by atoms with van der Waals surface area (Å²) in [6.07, 6.45) is 0.493. The molecule has 0 spiro atoms. The molecule has 2 heterocycles. The van der Waals surface area contributed by atoms with Gasteiger partial charge in [0.15, 0.2) is 0 Å². The van der Waals surface area contributed by atoms with E-state index in [-0.39, 0.29) is 23.9 Å². The smallest absolute Gasteiger partial charge is 0.289 e. The number of rotatable bonds is 4. The Morgan fingerprint density at radius 1 is 1.47 bits per heavy atom. The van der Waals surface area contributed by atoms with Crippen LogP contribution in [0.15, 0.2) is 10.6 Å². The maximum atomic E-state index is 11.7. The molecule has 19 heavy (non-hydrogen) atoms. The molecule has 1 aliphatic rings. The largest absolute Gasteiger partial charge is 0.373 e. The predicted octanol–water partition coefficient (Wildman–Crippen LogP) is 0.822. The van der Waals surface area contributed by atoms with Crippen molar-refractivity contribution in [3.8, 4) is 0 Å². The fourth-order valence-corrected chi connectivity index (χ4v) is 2.35. The lowest BCUT2D eigenvalue weighted by Gasteiger charge is -2.35. The third kappa shape index (κ3) is 4.04. The van der Waals surface area contributed by atoms with Gasteiger partial charge in [-0.3, -0.25) is 9.69 Å². The van der Waals surface area contributed by atoms with Gasteiger partial charge in [0.25, 0.3) is 5.91 Å². The Morgan fingerprint density at radius 3 is 2.74 bits per heavy atom. The minimum absolute atomic E-state index is 0.213. The van der Waals surface area contributed by atoms with Gasteiger partial charge in [0.05, 0.1) is 17.9 Å². The third-order valence-corrected chi connectivity index (χ3v) is 3.06. The first kappa shape index (κ1) is 14.0. The molecule has 1 amide bonds. The lowest BCUT2D eigenvalue weighted by Crippen LogP contribution is -2.47. The molecule has 106 valence electrons. The van der Waals surface area contributed by atoms with Crippen molar-refractivity contribution in [1.82, 2.24) is 15.4 Å². The highest BCUT2D eigenvalue weighted by atomic mass is 16.5. The highest BCUT2D eigenvalue weighted by molar-refractivity contribution is 5.91. The quantitative estimate of drug-likeness (QED) is 0.875. The van der Waals surface area contributed by atoms with Gasteiger partial charge < -0.3 is 14.6 Å². The van der Waals surface area contributed by atoms with E-state index in [1.54, 1.807) is 13.0 Å². The summed E-state index contributed by atoms with van der Waals surface area (Å²) in [6, 6.07) is 1.63. The van der Waals surface area contributed by atoms with Crippen LogP contribution in [0.5, 0.6) is 0 Å². The van der Waals surface area contributed by atoms with Gasteiger partial charge in [0.1, 0.15) is 0 Å². The van der Waals surface area contributed by atoms with E-state index in [0.717, 1.165) is 19.6 Å². The number of amides is 1. The summed E-state index contributed by atoms with van der Waals surface area (Å²) in [4.78, 5) is 14.0. The Hall–Kier alpha value is -1.40. The summed E-state index contributed by atoms with van der Waals surface area (Å²) in [7, 11) is 0. The first-order chi connectivity index (χ1) is 9.04. The Bertz CT molecular complexity index is 423. The number of aromatic nitrogens is 1. The average Bonchev–Trinajstić information content (AvgIpc) is 2.74. The Labute approximate surface area is 113 Å². The summed E-state index contributed by atoms with van der Waals surface area (Å²) < 4.78 is 10.6. The lowest BCUT2D eigenvalue weighted by atomic mass is 10.2. The second-order valence-electron chi connectivity index (χ2n) is 5.11. The maximum absolute atomic E-state index is 11.7. The van der Waals surface area contributed by atoms with E-state index >= 15 is 0 Å². The van der Waals surface area contributed by atoms with Gasteiger partial charge in [0, 0.05) is 32.2 Å². The van der Waals surface area contributed by atoms with Crippen molar-refractivity contribution in [3.63, 3.8) is 0 Å². The zero-order chi connectivity index (χ0) is 13.8. The van der Waals surface area contributed by atoms with Gasteiger partial charge in [-0.25, -0.2) is 0 Å². The minimum Gasteiger partial charge on any atom is -0.373 e. The van der Waals surface area contributed by atoms with Gasteiger partial charge in [-0.05, 0) is 20.8 Å². The monoisotopic (exact) mass is 267 g/mol. The van der Waals surface area contributed by atoms with Gasteiger partial charge in [-0.2, -0.15) is 0 Å². The van der Waals surface area contributed by atoms with E-state index in [1.165, 1.54) is 0 Å². The van der Waals surface area contributed by atoms with Crippen molar-refractivity contribution in [2.24, 2.45) is 0 Å². The van der Waals surface area contributed by atoms with Crippen molar-refractivity contribution < 1.29 is 14.1 Å². The third-order valence-electron chi connectivity index (χ3n) is 3.06. The number of hydrogen-bond donors (Lipinski definition) is 1. The Kier molecular flexibility index (Phi) is 4.55. The fourth-order valence-electron chi connectivity index (χ4n) is 2.35. The molecule has 0 saturated carbocycles. The van der Waals surface area contributed by atoms with Gasteiger partial charge in [-0.15, -0.1) is 0 Å². The summed E-state index contributed by atoms with van der Waals surface area (Å²) in [5.74, 6) is 0.0520. The van der Waals surface area contributed by atoms with Gasteiger partial charge in [0.2, 0.25) is 5.76 Å². The minimum atomic E-state index is -0.213. The molecule has 1 fully saturated rings. The highest BCUT2D eigenvalue weighted by Crippen LogP contribution is 2.09. The number of carbonyl (C=O) groups excluding carboxylic acids is 1. The molecule has 2 atom stereocenters. The van der Waals surface area contributed by atoms with Crippen LogP contribution < -0.4 is 5.32 Å². The number of ether oxygens (including phenoxy) is 1. The van der Waals surface area contributed by atoms with Crippen LogP contribution in [0.4, 0.5) is 0 Å². The molecule has 6 nitrogen and oxygen atoms in total. The summed E-state index contributed by atoms with van der Waals surface area (Å²) in [5, 5.41) is 6.53. The van der Waals surface area contributed by atoms with E-state index in [4.69, 9.17) is 9.26 Å². The average molecular weight is 267 g/mol. The molecule has 1 aromatic rings. The molecule has 1 aliphatic heterocycles. The van der Waals surface area contributed by atoms with Crippen molar-refractivity contribution in [2.75, 3.05) is 26.2 Å². The van der Waals surface area contributed by atoms with Crippen LogP contribution in [0.1, 0.15) is 30.1 Å². The molecule has 2 rings (SSSR count). The molecule has 1 aromatic heterocycles. The topological polar surface area (TPSA) is 67.6 Å². The van der Waals surface area contributed by atoms with Crippen LogP contribution in [0.2, 0.25) is 0 Å². The normalized spacial score (nSPS) is 24.4. The molecular formula is C13H21N3O3. The van der Waals surface area contributed by atoms with Crippen molar-refractivity contribution in [3.05, 3.63) is 17.5 Å². The van der Waals surface area contributed by atoms with Crippen LogP contribution in [0.25, 0.3) is 0 Å². The standard InChI is InChI=1S/C13H21N3O3/c1-9-6-12(19-15-9)13(17)14-4-5-16-7-10(2)18-11(3)8-16/h6,10-11H,4-5,7-8H2,1-3H3,(H,14,17)/t10-,11+. The predicted molar refractivity (Wildman–Crippen MR) is 70.0 cm³/mol. The van der Waals surface area contributed by atoms with Gasteiger partial charge in [-0.1, -0.05) is 5.16 Å². The Balaban J connectivity index is 1.73. The van der Waals surface area contributed by atoms with E-state index in [1.807, 2.05) is 0 Å². The molecule has 0 unspecified atom stereocenters. The first-order valence-electron chi connectivity index (χ1n) is 6.64. The van der Waals surface area contributed by atoms with Crippen LogP contribution in [0.3, 0.4) is 0 Å². The zero-order valence-corrected chi connectivity index (χ0v) is 11.7. The van der Waals surface area contributed by atoms with Gasteiger partial charge >= 0.3 is 0 Å².